The van der Waals surface area contributed by atoms with Crippen molar-refractivity contribution in [3.63, 3.8) is 0 Å². The van der Waals surface area contributed by atoms with Crippen LogP contribution in [-0.2, 0) is 0 Å². The first-order chi connectivity index (χ1) is 9.63. The van der Waals surface area contributed by atoms with Crippen molar-refractivity contribution in [1.82, 2.24) is 0 Å². The number of furan rings is 1. The lowest BCUT2D eigenvalue weighted by molar-refractivity contribution is 0.228. The molecular formula is C16H19NO3. The van der Waals surface area contributed by atoms with Crippen LogP contribution in [0.25, 0.3) is 0 Å². The van der Waals surface area contributed by atoms with Gasteiger partial charge in [-0.1, -0.05) is 13.0 Å². The summed E-state index contributed by atoms with van der Waals surface area (Å²) in [5, 5.41) is 0. The molecule has 4 heteroatoms. The van der Waals surface area contributed by atoms with Crippen LogP contribution in [-0.4, -0.2) is 13.2 Å². The molecule has 1 aromatic carbocycles. The molecule has 4 nitrogen and oxygen atoms in total. The first-order valence-electron chi connectivity index (χ1n) is 6.85. The number of hydrogen-bond acceptors (Lipinski definition) is 4. The van der Waals surface area contributed by atoms with Gasteiger partial charge >= 0.3 is 0 Å². The summed E-state index contributed by atoms with van der Waals surface area (Å²) in [5.74, 6) is 3.53. The highest BCUT2D eigenvalue weighted by Gasteiger charge is 2.19. The van der Waals surface area contributed by atoms with Crippen molar-refractivity contribution in [2.45, 2.75) is 19.9 Å². The topological polar surface area (TPSA) is 57.6 Å². The van der Waals surface area contributed by atoms with Gasteiger partial charge in [-0.2, -0.15) is 0 Å². The molecule has 3 rings (SSSR count). The molecule has 0 saturated heterocycles. The minimum atomic E-state index is -0.293. The summed E-state index contributed by atoms with van der Waals surface area (Å²) in [5.41, 5.74) is 7.19. The molecule has 0 radical (unpaired) electrons. The lowest BCUT2D eigenvalue weighted by Gasteiger charge is -2.13. The first-order valence-corrected chi connectivity index (χ1v) is 6.85. The number of ether oxygens (including phenoxy) is 2. The van der Waals surface area contributed by atoms with E-state index in [-0.39, 0.29) is 6.04 Å². The minimum Gasteiger partial charge on any atom is -0.489 e. The number of hydrogen-bond donors (Lipinski definition) is 1. The number of benzene rings is 1. The number of nitrogens with two attached hydrogens (primary N) is 1. The van der Waals surface area contributed by atoms with E-state index in [1.54, 1.807) is 0 Å². The van der Waals surface area contributed by atoms with Gasteiger partial charge in [0.15, 0.2) is 11.5 Å². The summed E-state index contributed by atoms with van der Waals surface area (Å²) in [6.45, 7) is 5.34. The van der Waals surface area contributed by atoms with E-state index >= 15 is 0 Å². The predicted octanol–water partition coefficient (Wildman–Crippen LogP) is 3.04. The number of aryl methyl sites for hydroxylation is 1. The molecule has 20 heavy (non-hydrogen) atoms. The van der Waals surface area contributed by atoms with Crippen LogP contribution >= 0.6 is 0 Å². The highest BCUT2D eigenvalue weighted by atomic mass is 16.5. The second kappa shape index (κ2) is 5.21. The zero-order valence-corrected chi connectivity index (χ0v) is 11.8. The first kappa shape index (κ1) is 13.1. The molecule has 2 unspecified atom stereocenters. The van der Waals surface area contributed by atoms with E-state index in [0.717, 1.165) is 28.6 Å². The Kier molecular flexibility index (Phi) is 3.40. The maximum absolute atomic E-state index is 6.24. The van der Waals surface area contributed by atoms with Crippen molar-refractivity contribution in [3.05, 3.63) is 47.4 Å². The average molecular weight is 273 g/mol. The number of rotatable bonds is 2. The smallest absolute Gasteiger partial charge is 0.161 e. The molecule has 2 atom stereocenters. The summed E-state index contributed by atoms with van der Waals surface area (Å²) in [6, 6.07) is 9.35. The van der Waals surface area contributed by atoms with E-state index in [1.165, 1.54) is 0 Å². The lowest BCUT2D eigenvalue weighted by atomic mass is 10.0. The molecule has 106 valence electrons. The van der Waals surface area contributed by atoms with Crippen LogP contribution in [0.4, 0.5) is 0 Å². The molecule has 1 aromatic heterocycles. The zero-order valence-electron chi connectivity index (χ0n) is 11.8. The Morgan fingerprint density at radius 1 is 1.10 bits per heavy atom. The molecule has 0 bridgehead atoms. The fraction of sp³-hybridized carbons (Fsp3) is 0.375. The molecule has 0 spiro atoms. The van der Waals surface area contributed by atoms with Crippen molar-refractivity contribution in [2.75, 3.05) is 13.2 Å². The molecule has 1 aliphatic rings. The summed E-state index contributed by atoms with van der Waals surface area (Å²) >= 11 is 0. The van der Waals surface area contributed by atoms with Gasteiger partial charge < -0.3 is 19.6 Å². The third-order valence-electron chi connectivity index (χ3n) is 3.44. The molecule has 2 N–H and O–H groups in total. The van der Waals surface area contributed by atoms with Crippen LogP contribution in [0.5, 0.6) is 11.5 Å². The van der Waals surface area contributed by atoms with Crippen molar-refractivity contribution in [1.29, 1.82) is 0 Å². The molecular weight excluding hydrogens is 254 g/mol. The highest BCUT2D eigenvalue weighted by Crippen LogP contribution is 2.34. The van der Waals surface area contributed by atoms with Crippen molar-refractivity contribution < 1.29 is 13.9 Å². The van der Waals surface area contributed by atoms with E-state index in [2.05, 4.69) is 6.92 Å². The Morgan fingerprint density at radius 2 is 1.85 bits per heavy atom. The van der Waals surface area contributed by atoms with E-state index in [4.69, 9.17) is 19.6 Å². The Balaban J connectivity index is 1.88. The molecule has 1 aliphatic heterocycles. The van der Waals surface area contributed by atoms with Gasteiger partial charge in [0.05, 0.1) is 19.3 Å². The number of fused-ring (bicyclic) bond motifs is 1. The van der Waals surface area contributed by atoms with Crippen LogP contribution in [0, 0.1) is 12.8 Å². The molecule has 0 aliphatic carbocycles. The Labute approximate surface area is 118 Å². The predicted molar refractivity (Wildman–Crippen MR) is 76.1 cm³/mol. The van der Waals surface area contributed by atoms with Crippen LogP contribution in [0.1, 0.15) is 30.0 Å². The molecule has 0 fully saturated rings. The molecule has 0 amide bonds. The van der Waals surface area contributed by atoms with E-state index in [0.29, 0.717) is 19.1 Å². The van der Waals surface area contributed by atoms with Gasteiger partial charge in [-0.05, 0) is 36.8 Å². The quantitative estimate of drug-likeness (QED) is 0.913. The minimum absolute atomic E-state index is 0.293. The largest absolute Gasteiger partial charge is 0.489 e. The van der Waals surface area contributed by atoms with Crippen molar-refractivity contribution in [3.8, 4) is 11.5 Å². The van der Waals surface area contributed by atoms with Gasteiger partial charge in [0.1, 0.15) is 11.5 Å². The monoisotopic (exact) mass is 273 g/mol. The maximum Gasteiger partial charge on any atom is 0.161 e. The summed E-state index contributed by atoms with van der Waals surface area (Å²) < 4.78 is 17.1. The summed E-state index contributed by atoms with van der Waals surface area (Å²) in [4.78, 5) is 0. The summed E-state index contributed by atoms with van der Waals surface area (Å²) in [7, 11) is 0. The van der Waals surface area contributed by atoms with Gasteiger partial charge in [-0.25, -0.2) is 0 Å². The maximum atomic E-state index is 6.24. The Morgan fingerprint density at radius 3 is 2.55 bits per heavy atom. The van der Waals surface area contributed by atoms with E-state index in [9.17, 15) is 0 Å². The van der Waals surface area contributed by atoms with Crippen molar-refractivity contribution in [2.24, 2.45) is 11.7 Å². The molecule has 2 heterocycles. The van der Waals surface area contributed by atoms with Gasteiger partial charge in [-0.15, -0.1) is 0 Å². The zero-order chi connectivity index (χ0) is 14.1. The van der Waals surface area contributed by atoms with E-state index in [1.807, 2.05) is 37.3 Å². The van der Waals surface area contributed by atoms with Gasteiger partial charge in [0, 0.05) is 5.92 Å². The Hall–Kier alpha value is -1.94. The average Bonchev–Trinajstić information content (AvgIpc) is 2.80. The Bertz CT molecular complexity index is 606. The fourth-order valence-corrected chi connectivity index (χ4v) is 2.25. The van der Waals surface area contributed by atoms with E-state index < -0.39 is 0 Å². The third-order valence-corrected chi connectivity index (χ3v) is 3.44. The van der Waals surface area contributed by atoms with Gasteiger partial charge in [-0.3, -0.25) is 0 Å². The van der Waals surface area contributed by atoms with Gasteiger partial charge in [0.2, 0.25) is 0 Å². The second-order valence-electron chi connectivity index (χ2n) is 5.36. The fourth-order valence-electron chi connectivity index (χ4n) is 2.25. The van der Waals surface area contributed by atoms with Crippen LogP contribution in [0.2, 0.25) is 0 Å². The van der Waals surface area contributed by atoms with Crippen molar-refractivity contribution >= 4 is 0 Å². The van der Waals surface area contributed by atoms with Crippen LogP contribution in [0.3, 0.4) is 0 Å². The standard InChI is InChI=1S/C16H19NO3/c1-10-8-18-13-6-4-12(7-15(13)19-9-10)16(17)14-5-3-11(2)20-14/h3-7,10,16H,8-9,17H2,1-2H3. The highest BCUT2D eigenvalue weighted by molar-refractivity contribution is 5.45. The lowest BCUT2D eigenvalue weighted by Crippen LogP contribution is -2.12. The normalized spacial score (nSPS) is 19.4. The molecule has 0 saturated carbocycles. The third kappa shape index (κ3) is 2.51. The van der Waals surface area contributed by atoms with Crippen LogP contribution in [0.15, 0.2) is 34.7 Å². The SMILES string of the molecule is Cc1ccc(C(N)c2ccc3c(c2)OCC(C)CO3)o1. The summed E-state index contributed by atoms with van der Waals surface area (Å²) in [6.07, 6.45) is 0. The second-order valence-corrected chi connectivity index (χ2v) is 5.36. The molecule has 2 aromatic rings. The van der Waals surface area contributed by atoms with Gasteiger partial charge in [0.25, 0.3) is 0 Å². The van der Waals surface area contributed by atoms with Crippen LogP contribution < -0.4 is 15.2 Å².